The van der Waals surface area contributed by atoms with Crippen LogP contribution in [0, 0.1) is 11.3 Å². The maximum atomic E-state index is 12.8. The highest BCUT2D eigenvalue weighted by atomic mass is 16.2. The van der Waals surface area contributed by atoms with E-state index in [1.807, 2.05) is 0 Å². The Labute approximate surface area is 111 Å². The SMILES string of the molecule is CC1(C)CCCC1C(=O)N1CCCCC1CCN. The first-order valence-electron chi connectivity index (χ1n) is 7.57. The minimum Gasteiger partial charge on any atom is -0.339 e. The van der Waals surface area contributed by atoms with Gasteiger partial charge in [0, 0.05) is 18.5 Å². The van der Waals surface area contributed by atoms with Crippen molar-refractivity contribution in [2.45, 2.75) is 64.8 Å². The van der Waals surface area contributed by atoms with Gasteiger partial charge in [-0.05, 0) is 50.5 Å². The van der Waals surface area contributed by atoms with Crippen molar-refractivity contribution in [3.63, 3.8) is 0 Å². The molecule has 2 fully saturated rings. The molecule has 0 spiro atoms. The fourth-order valence-corrected chi connectivity index (χ4v) is 3.77. The Morgan fingerprint density at radius 3 is 2.67 bits per heavy atom. The van der Waals surface area contributed by atoms with E-state index in [1.165, 1.54) is 25.7 Å². The van der Waals surface area contributed by atoms with Gasteiger partial charge in [0.2, 0.25) is 5.91 Å². The Bertz CT molecular complexity index is 299. The molecule has 1 aliphatic heterocycles. The van der Waals surface area contributed by atoms with Crippen molar-refractivity contribution < 1.29 is 4.79 Å². The molecule has 2 unspecified atom stereocenters. The number of likely N-dealkylation sites (tertiary alicyclic amines) is 1. The fraction of sp³-hybridized carbons (Fsp3) is 0.933. The van der Waals surface area contributed by atoms with Crippen LogP contribution in [-0.2, 0) is 4.79 Å². The summed E-state index contributed by atoms with van der Waals surface area (Å²) in [5.74, 6) is 0.659. The van der Waals surface area contributed by atoms with Crippen LogP contribution < -0.4 is 5.73 Å². The van der Waals surface area contributed by atoms with Gasteiger partial charge in [-0.2, -0.15) is 0 Å². The maximum Gasteiger partial charge on any atom is 0.226 e. The highest BCUT2D eigenvalue weighted by Gasteiger charge is 2.42. The van der Waals surface area contributed by atoms with Gasteiger partial charge in [-0.3, -0.25) is 4.79 Å². The van der Waals surface area contributed by atoms with E-state index in [0.29, 0.717) is 18.5 Å². The van der Waals surface area contributed by atoms with Crippen molar-refractivity contribution in [2.75, 3.05) is 13.1 Å². The molecule has 2 aliphatic rings. The average molecular weight is 252 g/mol. The van der Waals surface area contributed by atoms with Crippen LogP contribution in [0.5, 0.6) is 0 Å². The first-order chi connectivity index (χ1) is 8.56. The van der Waals surface area contributed by atoms with Crippen molar-refractivity contribution in [1.82, 2.24) is 4.90 Å². The van der Waals surface area contributed by atoms with Crippen molar-refractivity contribution >= 4 is 5.91 Å². The zero-order valence-corrected chi connectivity index (χ0v) is 12.0. The third kappa shape index (κ3) is 2.71. The molecule has 1 saturated heterocycles. The van der Waals surface area contributed by atoms with Crippen molar-refractivity contribution in [2.24, 2.45) is 17.1 Å². The second-order valence-corrected chi connectivity index (χ2v) is 6.69. The molecule has 2 N–H and O–H groups in total. The lowest BCUT2D eigenvalue weighted by Gasteiger charge is -2.39. The zero-order valence-electron chi connectivity index (χ0n) is 12.0. The van der Waals surface area contributed by atoms with Crippen molar-refractivity contribution in [3.05, 3.63) is 0 Å². The first kappa shape index (κ1) is 13.9. The van der Waals surface area contributed by atoms with Crippen molar-refractivity contribution in [1.29, 1.82) is 0 Å². The number of carbonyl (C=O) groups excluding carboxylic acids is 1. The van der Waals surface area contributed by atoms with Gasteiger partial charge >= 0.3 is 0 Å². The predicted octanol–water partition coefficient (Wildman–Crippen LogP) is 2.54. The molecule has 0 aromatic heterocycles. The third-order valence-electron chi connectivity index (χ3n) is 4.97. The number of amides is 1. The minimum atomic E-state index is 0.196. The van der Waals surface area contributed by atoms with E-state index in [2.05, 4.69) is 18.7 Å². The van der Waals surface area contributed by atoms with E-state index in [0.717, 1.165) is 25.8 Å². The van der Waals surface area contributed by atoms with E-state index in [4.69, 9.17) is 5.73 Å². The summed E-state index contributed by atoms with van der Waals surface area (Å²) < 4.78 is 0. The Hall–Kier alpha value is -0.570. The molecule has 3 nitrogen and oxygen atoms in total. The third-order valence-corrected chi connectivity index (χ3v) is 4.97. The molecule has 3 heteroatoms. The van der Waals surface area contributed by atoms with Crippen LogP contribution in [0.15, 0.2) is 0 Å². The number of nitrogens with zero attached hydrogens (tertiary/aromatic N) is 1. The Kier molecular flexibility index (Phi) is 4.31. The number of hydrogen-bond donors (Lipinski definition) is 1. The number of carbonyl (C=O) groups is 1. The Morgan fingerprint density at radius 2 is 2.06 bits per heavy atom. The summed E-state index contributed by atoms with van der Waals surface area (Å²) in [4.78, 5) is 14.9. The highest BCUT2D eigenvalue weighted by Crippen LogP contribution is 2.44. The van der Waals surface area contributed by atoms with Crippen LogP contribution in [0.4, 0.5) is 0 Å². The predicted molar refractivity (Wildman–Crippen MR) is 74.1 cm³/mol. The van der Waals surface area contributed by atoms with Gasteiger partial charge < -0.3 is 10.6 Å². The van der Waals surface area contributed by atoms with Crippen LogP contribution in [0.1, 0.15) is 58.8 Å². The van der Waals surface area contributed by atoms with E-state index in [1.54, 1.807) is 0 Å². The van der Waals surface area contributed by atoms with Crippen LogP contribution in [-0.4, -0.2) is 29.9 Å². The van der Waals surface area contributed by atoms with Gasteiger partial charge in [-0.25, -0.2) is 0 Å². The lowest BCUT2D eigenvalue weighted by Crippen LogP contribution is -2.48. The molecule has 104 valence electrons. The zero-order chi connectivity index (χ0) is 13.2. The molecule has 0 aromatic rings. The smallest absolute Gasteiger partial charge is 0.226 e. The molecule has 1 aliphatic carbocycles. The largest absolute Gasteiger partial charge is 0.339 e. The molecule has 1 saturated carbocycles. The summed E-state index contributed by atoms with van der Waals surface area (Å²) in [6.45, 7) is 6.16. The highest BCUT2D eigenvalue weighted by molar-refractivity contribution is 5.80. The molecule has 2 rings (SSSR count). The Balaban J connectivity index is 2.06. The van der Waals surface area contributed by atoms with Gasteiger partial charge in [0.05, 0.1) is 0 Å². The molecule has 18 heavy (non-hydrogen) atoms. The summed E-state index contributed by atoms with van der Waals surface area (Å²) in [7, 11) is 0. The summed E-state index contributed by atoms with van der Waals surface area (Å²) >= 11 is 0. The summed E-state index contributed by atoms with van der Waals surface area (Å²) in [5.41, 5.74) is 5.89. The number of hydrogen-bond acceptors (Lipinski definition) is 2. The van der Waals surface area contributed by atoms with Crippen LogP contribution >= 0.6 is 0 Å². The maximum absolute atomic E-state index is 12.8. The number of rotatable bonds is 3. The number of nitrogens with two attached hydrogens (primary N) is 1. The fourth-order valence-electron chi connectivity index (χ4n) is 3.77. The summed E-state index contributed by atoms with van der Waals surface area (Å²) in [6, 6.07) is 0.410. The molecular formula is C15H28N2O. The summed E-state index contributed by atoms with van der Waals surface area (Å²) in [5, 5.41) is 0. The monoisotopic (exact) mass is 252 g/mol. The van der Waals surface area contributed by atoms with Gasteiger partial charge in [0.15, 0.2) is 0 Å². The number of piperidine rings is 1. The molecule has 1 amide bonds. The lowest BCUT2D eigenvalue weighted by molar-refractivity contribution is -0.142. The quantitative estimate of drug-likeness (QED) is 0.839. The van der Waals surface area contributed by atoms with Gasteiger partial charge in [-0.1, -0.05) is 20.3 Å². The van der Waals surface area contributed by atoms with E-state index < -0.39 is 0 Å². The normalized spacial score (nSPS) is 31.6. The minimum absolute atomic E-state index is 0.196. The molecule has 0 bridgehead atoms. The van der Waals surface area contributed by atoms with Crippen LogP contribution in [0.2, 0.25) is 0 Å². The van der Waals surface area contributed by atoms with E-state index >= 15 is 0 Å². The molecule has 2 atom stereocenters. The second kappa shape index (κ2) is 5.60. The topological polar surface area (TPSA) is 46.3 Å². The first-order valence-corrected chi connectivity index (χ1v) is 7.57. The van der Waals surface area contributed by atoms with Gasteiger partial charge in [0.25, 0.3) is 0 Å². The van der Waals surface area contributed by atoms with Gasteiger partial charge in [0.1, 0.15) is 0 Å². The van der Waals surface area contributed by atoms with E-state index in [-0.39, 0.29) is 11.3 Å². The van der Waals surface area contributed by atoms with E-state index in [9.17, 15) is 4.79 Å². The Morgan fingerprint density at radius 1 is 1.28 bits per heavy atom. The average Bonchev–Trinajstić information content (AvgIpc) is 2.69. The van der Waals surface area contributed by atoms with Crippen LogP contribution in [0.25, 0.3) is 0 Å². The molecule has 0 radical (unpaired) electrons. The van der Waals surface area contributed by atoms with Gasteiger partial charge in [-0.15, -0.1) is 0 Å². The molecular weight excluding hydrogens is 224 g/mol. The molecule has 1 heterocycles. The van der Waals surface area contributed by atoms with Crippen molar-refractivity contribution in [3.8, 4) is 0 Å². The second-order valence-electron chi connectivity index (χ2n) is 6.69. The lowest BCUT2D eigenvalue weighted by atomic mass is 9.80. The standard InChI is InChI=1S/C15H28N2O/c1-15(2)9-5-7-13(15)14(18)17-11-4-3-6-12(17)8-10-16/h12-13H,3-11,16H2,1-2H3. The van der Waals surface area contributed by atoms with Crippen LogP contribution in [0.3, 0.4) is 0 Å². The summed E-state index contributed by atoms with van der Waals surface area (Å²) in [6.07, 6.45) is 8.02. The molecule has 0 aromatic carbocycles.